The minimum absolute atomic E-state index is 0.471. The molecule has 2 unspecified atom stereocenters. The highest BCUT2D eigenvalue weighted by atomic mass is 127. The molecule has 2 atom stereocenters. The first kappa shape index (κ1) is 11.8. The van der Waals surface area contributed by atoms with E-state index in [2.05, 4.69) is 52.0 Å². The maximum absolute atomic E-state index is 5.86. The smallest absolute Gasteiger partial charge is 0.0751 e. The molecule has 0 radical (unpaired) electrons. The van der Waals surface area contributed by atoms with Crippen molar-refractivity contribution >= 4 is 45.7 Å². The predicted octanol–water partition coefficient (Wildman–Crippen LogP) is 2.10. The summed E-state index contributed by atoms with van der Waals surface area (Å²) < 4.78 is 10.6. The van der Waals surface area contributed by atoms with Crippen LogP contribution >= 0.6 is 45.7 Å². The van der Waals surface area contributed by atoms with Crippen LogP contribution in [0.5, 0.6) is 0 Å². The van der Waals surface area contributed by atoms with Crippen LogP contribution < -0.4 is 0 Å². The maximum Gasteiger partial charge on any atom is 0.0751 e. The van der Waals surface area contributed by atoms with E-state index < -0.39 is 0 Å². The summed E-state index contributed by atoms with van der Waals surface area (Å²) in [7, 11) is 0. The van der Waals surface area contributed by atoms with Gasteiger partial charge in [0.1, 0.15) is 0 Å². The molecular weight excluding hydrogens is 406 g/mol. The molecule has 0 aromatic heterocycles. The molecule has 0 spiro atoms. The van der Waals surface area contributed by atoms with E-state index in [0.29, 0.717) is 6.10 Å². The van der Waals surface area contributed by atoms with E-state index in [4.69, 9.17) is 4.74 Å². The number of hydrogen-bond donors (Lipinski definition) is 0. The molecule has 0 aliphatic carbocycles. The van der Waals surface area contributed by atoms with Crippen molar-refractivity contribution in [1.29, 1.82) is 0 Å². The fourth-order valence-corrected chi connectivity index (χ4v) is 3.63. The number of piperidine rings is 1. The third-order valence-electron chi connectivity index (χ3n) is 2.98. The van der Waals surface area contributed by atoms with Gasteiger partial charge in [0.2, 0.25) is 0 Å². The fraction of sp³-hybridized carbons (Fsp3) is 1.00. The van der Waals surface area contributed by atoms with Crippen molar-refractivity contribution in [2.45, 2.75) is 18.9 Å². The molecule has 82 valence electrons. The molecule has 0 bridgehead atoms. The van der Waals surface area contributed by atoms with Gasteiger partial charge in [-0.25, -0.2) is 6.23 Å². The predicted molar refractivity (Wildman–Crippen MR) is 73.7 cm³/mol. The lowest BCUT2D eigenvalue weighted by molar-refractivity contribution is -0.0376. The van der Waals surface area contributed by atoms with Crippen molar-refractivity contribution < 1.29 is 4.74 Å². The molecule has 5 heteroatoms. The van der Waals surface area contributed by atoms with Crippen LogP contribution in [0.15, 0.2) is 0 Å². The quantitative estimate of drug-likeness (QED) is 0.476. The lowest BCUT2D eigenvalue weighted by Crippen LogP contribution is -2.45. The lowest BCUT2D eigenvalue weighted by atomic mass is 9.93. The summed E-state index contributed by atoms with van der Waals surface area (Å²) in [5.41, 5.74) is 0. The van der Waals surface area contributed by atoms with Crippen molar-refractivity contribution in [3.63, 3.8) is 0 Å². The maximum atomic E-state index is 5.86. The summed E-state index contributed by atoms with van der Waals surface area (Å²) in [6.07, 6.45) is 3.14. The second-order valence-electron chi connectivity index (χ2n) is 4.05. The van der Waals surface area contributed by atoms with Crippen LogP contribution in [0.25, 0.3) is 0 Å². The van der Waals surface area contributed by atoms with Gasteiger partial charge in [-0.05, 0) is 18.8 Å². The van der Waals surface area contributed by atoms with E-state index in [-0.39, 0.29) is 0 Å². The molecule has 14 heavy (non-hydrogen) atoms. The Labute approximate surface area is 114 Å². The minimum Gasteiger partial charge on any atom is -0.375 e. The van der Waals surface area contributed by atoms with Crippen LogP contribution in [-0.4, -0.2) is 45.1 Å². The highest BCUT2D eigenvalue weighted by Crippen LogP contribution is 2.26. The first-order chi connectivity index (χ1) is 6.75. The van der Waals surface area contributed by atoms with Crippen LogP contribution in [0, 0.1) is 5.92 Å². The number of ether oxygens (including phenoxy) is 1. The molecule has 0 N–H and O–H groups in total. The van der Waals surface area contributed by atoms with Gasteiger partial charge < -0.3 is 4.74 Å². The number of morpholine rings is 1. The summed E-state index contributed by atoms with van der Waals surface area (Å²) in [4.78, 5) is 0. The second kappa shape index (κ2) is 5.60. The Morgan fingerprint density at radius 1 is 1.07 bits per heavy atom. The summed E-state index contributed by atoms with van der Waals surface area (Å²) in [6, 6.07) is 0. The van der Waals surface area contributed by atoms with Crippen LogP contribution in [0.1, 0.15) is 12.8 Å². The molecule has 2 heterocycles. The van der Waals surface area contributed by atoms with Gasteiger partial charge in [-0.15, -0.1) is 0 Å². The van der Waals surface area contributed by atoms with Crippen LogP contribution in [0.2, 0.25) is 0 Å². The summed E-state index contributed by atoms with van der Waals surface area (Å²) in [6.45, 7) is 5.55. The van der Waals surface area contributed by atoms with Gasteiger partial charge in [0.15, 0.2) is 0 Å². The van der Waals surface area contributed by atoms with Crippen molar-refractivity contribution in [3.05, 3.63) is 0 Å². The Balaban J connectivity index is 1.86. The molecule has 0 amide bonds. The Morgan fingerprint density at radius 3 is 2.57 bits per heavy atom. The molecular formula is C9H16I2N2O. The third kappa shape index (κ3) is 3.16. The summed E-state index contributed by atoms with van der Waals surface area (Å²) in [5, 5.41) is 0. The van der Waals surface area contributed by atoms with Gasteiger partial charge in [-0.2, -0.15) is 0 Å². The summed E-state index contributed by atoms with van der Waals surface area (Å²) in [5.74, 6) is 0.748. The molecule has 0 aromatic carbocycles. The average Bonchev–Trinajstić information content (AvgIpc) is 2.18. The normalized spacial score (nSPS) is 37.3. The van der Waals surface area contributed by atoms with Crippen molar-refractivity contribution in [2.75, 3.05) is 32.8 Å². The largest absolute Gasteiger partial charge is 0.375 e. The first-order valence-electron chi connectivity index (χ1n) is 5.19. The Hall–Kier alpha value is 1.34. The Bertz CT molecular complexity index is 174. The standard InChI is InChI=1S/C9H16I2N2O/c10-12-3-1-2-8(6-12)9-7-13(11)4-5-14-9/h8-9H,1-7H2. The summed E-state index contributed by atoms with van der Waals surface area (Å²) >= 11 is 4.85. The van der Waals surface area contributed by atoms with E-state index in [0.717, 1.165) is 25.6 Å². The van der Waals surface area contributed by atoms with Crippen molar-refractivity contribution in [1.82, 2.24) is 6.23 Å². The zero-order valence-electron chi connectivity index (χ0n) is 8.16. The monoisotopic (exact) mass is 422 g/mol. The first-order valence-corrected chi connectivity index (χ1v) is 7.12. The van der Waals surface area contributed by atoms with E-state index >= 15 is 0 Å². The van der Waals surface area contributed by atoms with Crippen LogP contribution in [-0.2, 0) is 4.74 Å². The Kier molecular flexibility index (Phi) is 4.73. The van der Waals surface area contributed by atoms with Gasteiger partial charge in [-0.1, -0.05) is 0 Å². The highest BCUT2D eigenvalue weighted by Gasteiger charge is 2.30. The van der Waals surface area contributed by atoms with Crippen LogP contribution in [0.3, 0.4) is 0 Å². The molecule has 2 saturated heterocycles. The number of hydrogen-bond acceptors (Lipinski definition) is 3. The zero-order chi connectivity index (χ0) is 9.97. The number of rotatable bonds is 1. The third-order valence-corrected chi connectivity index (χ3v) is 4.73. The van der Waals surface area contributed by atoms with Gasteiger partial charge in [0.05, 0.1) is 12.7 Å². The molecule has 3 nitrogen and oxygen atoms in total. The van der Waals surface area contributed by atoms with Gasteiger partial charge in [0.25, 0.3) is 0 Å². The van der Waals surface area contributed by atoms with Crippen molar-refractivity contribution in [3.8, 4) is 0 Å². The van der Waals surface area contributed by atoms with E-state index in [1.54, 1.807) is 0 Å². The molecule has 2 aliphatic rings. The molecule has 2 aliphatic heterocycles. The fourth-order valence-electron chi connectivity index (χ4n) is 2.19. The molecule has 0 aromatic rings. The minimum atomic E-state index is 0.471. The average molecular weight is 422 g/mol. The molecule has 2 rings (SSSR count). The van der Waals surface area contributed by atoms with Gasteiger partial charge in [0, 0.05) is 71.9 Å². The van der Waals surface area contributed by atoms with E-state index in [9.17, 15) is 0 Å². The van der Waals surface area contributed by atoms with E-state index in [1.807, 2.05) is 0 Å². The van der Waals surface area contributed by atoms with Crippen LogP contribution in [0.4, 0.5) is 0 Å². The molecule has 2 fully saturated rings. The van der Waals surface area contributed by atoms with Crippen molar-refractivity contribution in [2.24, 2.45) is 5.92 Å². The van der Waals surface area contributed by atoms with Gasteiger partial charge in [-0.3, -0.25) is 0 Å². The molecule has 0 saturated carbocycles. The highest BCUT2D eigenvalue weighted by molar-refractivity contribution is 14.1. The van der Waals surface area contributed by atoms with Gasteiger partial charge >= 0.3 is 0 Å². The zero-order valence-corrected chi connectivity index (χ0v) is 12.5. The number of halogens is 2. The second-order valence-corrected chi connectivity index (χ2v) is 6.78. The topological polar surface area (TPSA) is 15.7 Å². The number of nitrogens with zero attached hydrogens (tertiary/aromatic N) is 2. The lowest BCUT2D eigenvalue weighted by Gasteiger charge is -2.37. The van der Waals surface area contributed by atoms with E-state index in [1.165, 1.54) is 25.9 Å². The Morgan fingerprint density at radius 2 is 1.86 bits per heavy atom. The SMILES string of the molecule is IN1CCCC(C2CN(I)CCO2)C1.